The third kappa shape index (κ3) is 1.48. The molecule has 0 radical (unpaired) electrons. The number of rotatable bonds is 1. The molecule has 1 heterocycles. The van der Waals surface area contributed by atoms with Gasteiger partial charge in [-0.3, -0.25) is 4.79 Å². The highest BCUT2D eigenvalue weighted by Crippen LogP contribution is 2.23. The number of halogens is 2. The predicted molar refractivity (Wildman–Crippen MR) is 42.0 cm³/mol. The molecule has 1 aromatic heterocycles. The minimum atomic E-state index is -0.498. The molecule has 0 amide bonds. The van der Waals surface area contributed by atoms with Crippen LogP contribution in [-0.2, 0) is 0 Å². The van der Waals surface area contributed by atoms with Gasteiger partial charge in [0.05, 0.1) is 5.69 Å². The maximum Gasteiger partial charge on any atom is 0.264 e. The molecule has 1 rings (SSSR count). The summed E-state index contributed by atoms with van der Waals surface area (Å²) in [5, 5.41) is -0.498. The van der Waals surface area contributed by atoms with Crippen LogP contribution >= 0.6 is 34.5 Å². The van der Waals surface area contributed by atoms with Gasteiger partial charge in [0.1, 0.15) is 4.88 Å². The first-order valence-corrected chi connectivity index (χ1v) is 4.01. The molecule has 0 aliphatic heterocycles. The second-order valence-electron chi connectivity index (χ2n) is 1.66. The van der Waals surface area contributed by atoms with E-state index in [0.29, 0.717) is 15.0 Å². The molecule has 0 atom stereocenters. The molecule has 0 bridgehead atoms. The molecule has 0 saturated heterocycles. The van der Waals surface area contributed by atoms with Crippen LogP contribution in [-0.4, -0.2) is 10.2 Å². The number of nitrogens with zero attached hydrogens (tertiary/aromatic N) is 1. The smallest absolute Gasteiger partial charge is 0.264 e. The molecule has 0 aliphatic rings. The van der Waals surface area contributed by atoms with Gasteiger partial charge in [-0.2, -0.15) is 0 Å². The minimum Gasteiger partial charge on any atom is -0.275 e. The molecule has 0 saturated carbocycles. The van der Waals surface area contributed by atoms with Crippen molar-refractivity contribution < 1.29 is 4.79 Å². The van der Waals surface area contributed by atoms with E-state index >= 15 is 0 Å². The van der Waals surface area contributed by atoms with Crippen molar-refractivity contribution in [2.75, 3.05) is 0 Å². The highest BCUT2D eigenvalue weighted by atomic mass is 35.5. The molecule has 0 aliphatic carbocycles. The van der Waals surface area contributed by atoms with E-state index in [1.165, 1.54) is 0 Å². The third-order valence-electron chi connectivity index (χ3n) is 0.949. The molecule has 0 fully saturated rings. The fourth-order valence-electron chi connectivity index (χ4n) is 0.546. The second kappa shape index (κ2) is 2.86. The van der Waals surface area contributed by atoms with Gasteiger partial charge in [0.15, 0.2) is 4.47 Å². The normalized spacial score (nSPS) is 9.90. The van der Waals surface area contributed by atoms with Crippen LogP contribution in [0.2, 0.25) is 4.47 Å². The highest BCUT2D eigenvalue weighted by molar-refractivity contribution is 7.19. The quantitative estimate of drug-likeness (QED) is 0.645. The van der Waals surface area contributed by atoms with E-state index in [1.54, 1.807) is 6.92 Å². The monoisotopic (exact) mass is 195 g/mol. The number of carbonyl (C=O) groups is 1. The van der Waals surface area contributed by atoms with Gasteiger partial charge < -0.3 is 0 Å². The molecule has 2 nitrogen and oxygen atoms in total. The third-order valence-corrected chi connectivity index (χ3v) is 2.51. The van der Waals surface area contributed by atoms with Crippen molar-refractivity contribution in [2.24, 2.45) is 0 Å². The second-order valence-corrected chi connectivity index (χ2v) is 3.58. The summed E-state index contributed by atoms with van der Waals surface area (Å²) in [7, 11) is 0. The van der Waals surface area contributed by atoms with Crippen LogP contribution in [0.1, 0.15) is 15.4 Å². The van der Waals surface area contributed by atoms with Gasteiger partial charge in [0, 0.05) is 0 Å². The molecule has 0 N–H and O–H groups in total. The van der Waals surface area contributed by atoms with Crippen LogP contribution in [0.5, 0.6) is 0 Å². The van der Waals surface area contributed by atoms with Crippen LogP contribution in [0.4, 0.5) is 0 Å². The molecule has 1 aromatic rings. The van der Waals surface area contributed by atoms with E-state index in [9.17, 15) is 4.79 Å². The van der Waals surface area contributed by atoms with Gasteiger partial charge in [0.25, 0.3) is 5.24 Å². The Bertz CT molecular complexity index is 271. The topological polar surface area (TPSA) is 30.0 Å². The van der Waals surface area contributed by atoms with Crippen molar-refractivity contribution in [3.05, 3.63) is 15.0 Å². The molecule has 54 valence electrons. The van der Waals surface area contributed by atoms with Crippen LogP contribution in [0.3, 0.4) is 0 Å². The first-order chi connectivity index (χ1) is 4.61. The summed E-state index contributed by atoms with van der Waals surface area (Å²) in [6, 6.07) is 0. The molecular weight excluding hydrogens is 193 g/mol. The summed E-state index contributed by atoms with van der Waals surface area (Å²) >= 11 is 11.8. The van der Waals surface area contributed by atoms with Gasteiger partial charge in [0.2, 0.25) is 0 Å². The zero-order chi connectivity index (χ0) is 7.72. The lowest BCUT2D eigenvalue weighted by molar-refractivity contribution is 0.108. The Balaban J connectivity index is 3.15. The number of hydrogen-bond donors (Lipinski definition) is 0. The molecule has 5 heteroatoms. The largest absolute Gasteiger partial charge is 0.275 e. The van der Waals surface area contributed by atoms with Crippen molar-refractivity contribution in [3.63, 3.8) is 0 Å². The molecular formula is C5H3Cl2NOS. The standard InChI is InChI=1S/C5H3Cl2NOS/c1-2-3(4(6)9)10-5(7)8-2/h1H3. The first kappa shape index (κ1) is 7.98. The Kier molecular flexibility index (Phi) is 2.28. The first-order valence-electron chi connectivity index (χ1n) is 2.44. The highest BCUT2D eigenvalue weighted by Gasteiger charge is 2.10. The SMILES string of the molecule is Cc1nc(Cl)sc1C(=O)Cl. The van der Waals surface area contributed by atoms with Crippen LogP contribution < -0.4 is 0 Å². The Hall–Kier alpha value is -0.120. The summed E-state index contributed by atoms with van der Waals surface area (Å²) in [6.07, 6.45) is 0. The zero-order valence-corrected chi connectivity index (χ0v) is 7.35. The van der Waals surface area contributed by atoms with Crippen molar-refractivity contribution in [1.82, 2.24) is 4.98 Å². The number of aromatic nitrogens is 1. The minimum absolute atomic E-state index is 0.349. The Morgan fingerprint density at radius 1 is 1.70 bits per heavy atom. The van der Waals surface area contributed by atoms with Gasteiger partial charge in [-0.05, 0) is 18.5 Å². The van der Waals surface area contributed by atoms with E-state index in [2.05, 4.69) is 4.98 Å². The molecule has 0 spiro atoms. The lowest BCUT2D eigenvalue weighted by atomic mass is 10.4. The molecule has 0 unspecified atom stereocenters. The van der Waals surface area contributed by atoms with Crippen LogP contribution in [0.15, 0.2) is 0 Å². The van der Waals surface area contributed by atoms with E-state index < -0.39 is 5.24 Å². The fourth-order valence-corrected chi connectivity index (χ4v) is 1.78. The van der Waals surface area contributed by atoms with Crippen molar-refractivity contribution in [2.45, 2.75) is 6.92 Å². The van der Waals surface area contributed by atoms with Gasteiger partial charge in [-0.25, -0.2) is 4.98 Å². The maximum absolute atomic E-state index is 10.6. The van der Waals surface area contributed by atoms with Crippen molar-refractivity contribution in [3.8, 4) is 0 Å². The lowest BCUT2D eigenvalue weighted by Gasteiger charge is -1.83. The fraction of sp³-hybridized carbons (Fsp3) is 0.200. The van der Waals surface area contributed by atoms with Crippen molar-refractivity contribution >= 4 is 39.8 Å². The Morgan fingerprint density at radius 2 is 2.30 bits per heavy atom. The summed E-state index contributed by atoms with van der Waals surface area (Å²) < 4.78 is 0.349. The average Bonchev–Trinajstić information content (AvgIpc) is 2.10. The summed E-state index contributed by atoms with van der Waals surface area (Å²) in [6.45, 7) is 1.69. The summed E-state index contributed by atoms with van der Waals surface area (Å²) in [5.74, 6) is 0. The number of carbonyl (C=O) groups excluding carboxylic acids is 1. The van der Waals surface area contributed by atoms with E-state index in [4.69, 9.17) is 23.2 Å². The molecule has 10 heavy (non-hydrogen) atoms. The van der Waals surface area contributed by atoms with Gasteiger partial charge in [-0.1, -0.05) is 22.9 Å². The van der Waals surface area contributed by atoms with Crippen molar-refractivity contribution in [1.29, 1.82) is 0 Å². The van der Waals surface area contributed by atoms with Crippen LogP contribution in [0.25, 0.3) is 0 Å². The number of thiazole rings is 1. The Labute approximate surface area is 71.8 Å². The van der Waals surface area contributed by atoms with Gasteiger partial charge in [-0.15, -0.1) is 0 Å². The predicted octanol–water partition coefficient (Wildman–Crippen LogP) is 2.48. The number of hydrogen-bond acceptors (Lipinski definition) is 3. The van der Waals surface area contributed by atoms with Crippen LogP contribution in [0, 0.1) is 6.92 Å². The number of aryl methyl sites for hydroxylation is 1. The lowest BCUT2D eigenvalue weighted by Crippen LogP contribution is -1.85. The average molecular weight is 196 g/mol. The van der Waals surface area contributed by atoms with Gasteiger partial charge >= 0.3 is 0 Å². The molecule has 0 aromatic carbocycles. The zero-order valence-electron chi connectivity index (χ0n) is 5.02. The summed E-state index contributed by atoms with van der Waals surface area (Å²) in [5.41, 5.74) is 0.593. The van der Waals surface area contributed by atoms with E-state index in [0.717, 1.165) is 11.3 Å². The van der Waals surface area contributed by atoms with E-state index in [-0.39, 0.29) is 0 Å². The Morgan fingerprint density at radius 3 is 2.50 bits per heavy atom. The summed E-state index contributed by atoms with van der Waals surface area (Å²) in [4.78, 5) is 14.8. The maximum atomic E-state index is 10.6. The van der Waals surface area contributed by atoms with E-state index in [1.807, 2.05) is 0 Å².